The summed E-state index contributed by atoms with van der Waals surface area (Å²) < 4.78 is 4.98. The van der Waals surface area contributed by atoms with E-state index >= 15 is 0 Å². The Labute approximate surface area is 161 Å². The number of fused-ring (bicyclic) bond motifs is 1. The standard InChI is InChI=1S/C21H31N3O3/c1-3-27-20(25)16-9-11-18(12-10-16)22-21(26)23(2)15-17-7-6-14-24-13-5-4-8-19(17)24/h9-12,17,19H,3-8,13-15H2,1-2H3,(H,22,26)/t17-,19+/m0/s1. The van der Waals surface area contributed by atoms with Crippen LogP contribution < -0.4 is 5.32 Å². The lowest BCUT2D eigenvalue weighted by Gasteiger charge is -2.45. The second kappa shape index (κ2) is 9.22. The first kappa shape index (κ1) is 19.7. The van der Waals surface area contributed by atoms with Crippen molar-refractivity contribution in [2.24, 2.45) is 5.92 Å². The molecule has 2 atom stereocenters. The number of hydrogen-bond acceptors (Lipinski definition) is 4. The van der Waals surface area contributed by atoms with Gasteiger partial charge in [0.25, 0.3) is 0 Å². The van der Waals surface area contributed by atoms with Gasteiger partial charge < -0.3 is 19.9 Å². The van der Waals surface area contributed by atoms with Gasteiger partial charge in [0.2, 0.25) is 0 Å². The number of ether oxygens (including phenoxy) is 1. The third-order valence-electron chi connectivity index (χ3n) is 5.73. The van der Waals surface area contributed by atoms with Gasteiger partial charge in [-0.05, 0) is 75.9 Å². The number of carbonyl (C=O) groups is 2. The van der Waals surface area contributed by atoms with Crippen molar-refractivity contribution < 1.29 is 14.3 Å². The van der Waals surface area contributed by atoms with E-state index in [0.29, 0.717) is 29.8 Å². The summed E-state index contributed by atoms with van der Waals surface area (Å²) in [6, 6.07) is 7.35. The van der Waals surface area contributed by atoms with Gasteiger partial charge in [-0.2, -0.15) is 0 Å². The Hall–Kier alpha value is -2.08. The van der Waals surface area contributed by atoms with Crippen LogP contribution >= 0.6 is 0 Å². The molecule has 0 radical (unpaired) electrons. The summed E-state index contributed by atoms with van der Waals surface area (Å²) in [5, 5.41) is 2.92. The molecule has 2 fully saturated rings. The predicted molar refractivity (Wildman–Crippen MR) is 106 cm³/mol. The summed E-state index contributed by atoms with van der Waals surface area (Å²) in [6.07, 6.45) is 6.30. The van der Waals surface area contributed by atoms with Crippen molar-refractivity contribution in [2.45, 2.75) is 45.1 Å². The molecule has 1 N–H and O–H groups in total. The van der Waals surface area contributed by atoms with Gasteiger partial charge in [0.1, 0.15) is 0 Å². The molecule has 0 aromatic heterocycles. The van der Waals surface area contributed by atoms with Gasteiger partial charge in [0.15, 0.2) is 0 Å². The highest BCUT2D eigenvalue weighted by Gasteiger charge is 2.34. The van der Waals surface area contributed by atoms with Gasteiger partial charge in [-0.3, -0.25) is 0 Å². The molecule has 0 saturated carbocycles. The number of carbonyl (C=O) groups excluding carboxylic acids is 2. The van der Waals surface area contributed by atoms with Crippen molar-refractivity contribution in [3.8, 4) is 0 Å². The lowest BCUT2D eigenvalue weighted by molar-refractivity contribution is 0.0495. The molecule has 1 aromatic rings. The molecule has 0 unspecified atom stereocenters. The van der Waals surface area contributed by atoms with Crippen LogP contribution in [0.25, 0.3) is 0 Å². The van der Waals surface area contributed by atoms with E-state index in [4.69, 9.17) is 4.74 Å². The number of anilines is 1. The van der Waals surface area contributed by atoms with Crippen LogP contribution in [0, 0.1) is 5.92 Å². The first-order chi connectivity index (χ1) is 13.1. The Morgan fingerprint density at radius 2 is 1.89 bits per heavy atom. The van der Waals surface area contributed by atoms with Crippen LogP contribution in [0.5, 0.6) is 0 Å². The van der Waals surface area contributed by atoms with Crippen LogP contribution in [-0.4, -0.2) is 61.1 Å². The quantitative estimate of drug-likeness (QED) is 0.801. The highest BCUT2D eigenvalue weighted by Crippen LogP contribution is 2.31. The molecule has 2 aliphatic heterocycles. The summed E-state index contributed by atoms with van der Waals surface area (Å²) in [5.74, 6) is 0.211. The maximum absolute atomic E-state index is 12.6. The molecule has 0 bridgehead atoms. The average molecular weight is 373 g/mol. The fraction of sp³-hybridized carbons (Fsp3) is 0.619. The van der Waals surface area contributed by atoms with E-state index in [1.54, 1.807) is 36.1 Å². The Morgan fingerprint density at radius 3 is 2.63 bits per heavy atom. The van der Waals surface area contributed by atoms with Crippen molar-refractivity contribution in [2.75, 3.05) is 38.6 Å². The molecule has 2 heterocycles. The zero-order chi connectivity index (χ0) is 19.2. The minimum atomic E-state index is -0.346. The third kappa shape index (κ3) is 5.01. The van der Waals surface area contributed by atoms with E-state index in [1.807, 2.05) is 7.05 Å². The van der Waals surface area contributed by atoms with Gasteiger partial charge in [0, 0.05) is 25.3 Å². The summed E-state index contributed by atoms with van der Waals surface area (Å²) in [6.45, 7) is 5.34. The first-order valence-corrected chi connectivity index (χ1v) is 10.1. The van der Waals surface area contributed by atoms with Gasteiger partial charge in [-0.25, -0.2) is 9.59 Å². The zero-order valence-electron chi connectivity index (χ0n) is 16.4. The fourth-order valence-electron chi connectivity index (χ4n) is 4.35. The maximum atomic E-state index is 12.6. The molecule has 27 heavy (non-hydrogen) atoms. The molecule has 0 spiro atoms. The number of piperidine rings is 2. The number of nitrogens with zero attached hydrogens (tertiary/aromatic N) is 2. The van der Waals surface area contributed by atoms with Crippen molar-refractivity contribution in [1.82, 2.24) is 9.80 Å². The molecule has 6 nitrogen and oxygen atoms in total. The topological polar surface area (TPSA) is 61.9 Å². The summed E-state index contributed by atoms with van der Waals surface area (Å²) in [7, 11) is 1.87. The molecule has 2 amide bonds. The number of esters is 1. The number of benzene rings is 1. The molecule has 6 heteroatoms. The molecule has 2 saturated heterocycles. The van der Waals surface area contributed by atoms with Crippen molar-refractivity contribution in [1.29, 1.82) is 0 Å². The molecule has 148 valence electrons. The Kier molecular flexibility index (Phi) is 6.72. The largest absolute Gasteiger partial charge is 0.462 e. The van der Waals surface area contributed by atoms with Gasteiger partial charge in [-0.15, -0.1) is 0 Å². The number of rotatable bonds is 5. The number of amides is 2. The predicted octanol–water partition coefficient (Wildman–Crippen LogP) is 3.59. The smallest absolute Gasteiger partial charge is 0.338 e. The third-order valence-corrected chi connectivity index (χ3v) is 5.73. The van der Waals surface area contributed by atoms with Crippen LogP contribution in [0.15, 0.2) is 24.3 Å². The molecular formula is C21H31N3O3. The Morgan fingerprint density at radius 1 is 1.15 bits per heavy atom. The van der Waals surface area contributed by atoms with E-state index in [9.17, 15) is 9.59 Å². The summed E-state index contributed by atoms with van der Waals surface area (Å²) in [5.41, 5.74) is 1.17. The first-order valence-electron chi connectivity index (χ1n) is 10.1. The highest BCUT2D eigenvalue weighted by molar-refractivity contribution is 5.92. The second-order valence-corrected chi connectivity index (χ2v) is 7.61. The van der Waals surface area contributed by atoms with Crippen LogP contribution in [0.4, 0.5) is 10.5 Å². The number of urea groups is 1. The normalized spacial score (nSPS) is 22.6. The van der Waals surface area contributed by atoms with Gasteiger partial charge in [0.05, 0.1) is 12.2 Å². The van der Waals surface area contributed by atoms with Crippen LogP contribution in [0.1, 0.15) is 49.4 Å². The Balaban J connectivity index is 1.53. The van der Waals surface area contributed by atoms with Crippen molar-refractivity contribution in [3.63, 3.8) is 0 Å². The van der Waals surface area contributed by atoms with E-state index in [1.165, 1.54) is 45.2 Å². The van der Waals surface area contributed by atoms with Crippen LogP contribution in [-0.2, 0) is 4.74 Å². The number of nitrogens with one attached hydrogen (secondary N) is 1. The Bertz CT molecular complexity index is 645. The molecule has 1 aromatic carbocycles. The van der Waals surface area contributed by atoms with E-state index in [-0.39, 0.29) is 12.0 Å². The summed E-state index contributed by atoms with van der Waals surface area (Å²) >= 11 is 0. The second-order valence-electron chi connectivity index (χ2n) is 7.61. The van der Waals surface area contributed by atoms with Crippen molar-refractivity contribution >= 4 is 17.7 Å². The fourth-order valence-corrected chi connectivity index (χ4v) is 4.35. The van der Waals surface area contributed by atoms with Crippen LogP contribution in [0.2, 0.25) is 0 Å². The molecule has 2 aliphatic rings. The lowest BCUT2D eigenvalue weighted by atomic mass is 9.83. The van der Waals surface area contributed by atoms with Crippen LogP contribution in [0.3, 0.4) is 0 Å². The minimum Gasteiger partial charge on any atom is -0.462 e. The molecule has 3 rings (SSSR count). The van der Waals surface area contributed by atoms with Gasteiger partial charge >= 0.3 is 12.0 Å². The van der Waals surface area contributed by atoms with E-state index in [2.05, 4.69) is 10.2 Å². The monoisotopic (exact) mass is 373 g/mol. The highest BCUT2D eigenvalue weighted by atomic mass is 16.5. The molecular weight excluding hydrogens is 342 g/mol. The summed E-state index contributed by atoms with van der Waals surface area (Å²) in [4.78, 5) is 28.7. The zero-order valence-corrected chi connectivity index (χ0v) is 16.4. The SMILES string of the molecule is CCOC(=O)c1ccc(NC(=O)N(C)C[C@@H]2CCCN3CCCC[C@H]23)cc1. The number of hydrogen-bond donors (Lipinski definition) is 1. The molecule has 0 aliphatic carbocycles. The average Bonchev–Trinajstić information content (AvgIpc) is 2.69. The lowest BCUT2D eigenvalue weighted by Crippen LogP contribution is -2.51. The van der Waals surface area contributed by atoms with Gasteiger partial charge in [-0.1, -0.05) is 6.42 Å². The minimum absolute atomic E-state index is 0.105. The van der Waals surface area contributed by atoms with Crippen molar-refractivity contribution in [3.05, 3.63) is 29.8 Å². The maximum Gasteiger partial charge on any atom is 0.338 e. The van der Waals surface area contributed by atoms with E-state index < -0.39 is 0 Å². The van der Waals surface area contributed by atoms with E-state index in [0.717, 1.165) is 6.54 Å².